The number of rotatable bonds is 4. The highest BCUT2D eigenvalue weighted by Crippen LogP contribution is 2.27. The maximum absolute atomic E-state index is 12.9. The molecule has 1 amide bonds. The zero-order chi connectivity index (χ0) is 18.0. The third-order valence-corrected chi connectivity index (χ3v) is 7.12. The van der Waals surface area contributed by atoms with Crippen molar-refractivity contribution in [2.75, 3.05) is 18.4 Å². The summed E-state index contributed by atoms with van der Waals surface area (Å²) in [4.78, 5) is 12.1. The van der Waals surface area contributed by atoms with Crippen LogP contribution < -0.4 is 5.32 Å². The molecule has 1 aliphatic heterocycles. The number of carbonyl (C=O) groups excluding carboxylic acids is 1. The second-order valence-corrected chi connectivity index (χ2v) is 9.01. The zero-order valence-corrected chi connectivity index (χ0v) is 15.1. The van der Waals surface area contributed by atoms with Crippen LogP contribution in [0.3, 0.4) is 0 Å². The van der Waals surface area contributed by atoms with Crippen LogP contribution >= 0.6 is 11.3 Å². The van der Waals surface area contributed by atoms with E-state index >= 15 is 0 Å². The van der Waals surface area contributed by atoms with E-state index in [-0.39, 0.29) is 15.0 Å². The van der Waals surface area contributed by atoms with E-state index in [1.807, 2.05) is 0 Å². The first-order chi connectivity index (χ1) is 11.9. The molecule has 2 heterocycles. The summed E-state index contributed by atoms with van der Waals surface area (Å²) >= 11 is 0.803. The van der Waals surface area contributed by atoms with Crippen LogP contribution in [-0.4, -0.2) is 41.9 Å². The third kappa shape index (κ3) is 4.02. The highest BCUT2D eigenvalue weighted by molar-refractivity contribution is 7.91. The van der Waals surface area contributed by atoms with Gasteiger partial charge in [0.2, 0.25) is 9.47 Å². The van der Waals surface area contributed by atoms with Crippen molar-refractivity contribution < 1.29 is 17.6 Å². The van der Waals surface area contributed by atoms with Gasteiger partial charge in [0.05, 0.1) is 0 Å². The van der Waals surface area contributed by atoms with Crippen LogP contribution in [0.1, 0.15) is 30.1 Å². The van der Waals surface area contributed by atoms with E-state index in [2.05, 4.69) is 22.4 Å². The molecule has 1 aliphatic rings. The van der Waals surface area contributed by atoms with Gasteiger partial charge in [-0.05, 0) is 43.0 Å². The minimum atomic E-state index is -3.69. The van der Waals surface area contributed by atoms with E-state index in [9.17, 15) is 17.6 Å². The SMILES string of the molecule is CC1CCN(S(=O)(=O)c2nnc(NC(=O)c3ccc(F)cc3)s2)CC1. The fourth-order valence-electron chi connectivity index (χ4n) is 2.47. The molecule has 134 valence electrons. The Morgan fingerprint density at radius 3 is 2.52 bits per heavy atom. The number of piperidine rings is 1. The van der Waals surface area contributed by atoms with Crippen LogP contribution in [0.5, 0.6) is 0 Å². The maximum atomic E-state index is 12.9. The number of halogens is 1. The summed E-state index contributed by atoms with van der Waals surface area (Å²) in [6, 6.07) is 5.00. The summed E-state index contributed by atoms with van der Waals surface area (Å²) in [5, 5.41) is 10.0. The van der Waals surface area contributed by atoms with E-state index in [1.165, 1.54) is 28.6 Å². The lowest BCUT2D eigenvalue weighted by Gasteiger charge is -2.28. The van der Waals surface area contributed by atoms with Gasteiger partial charge in [0.25, 0.3) is 15.9 Å². The molecule has 3 rings (SSSR count). The quantitative estimate of drug-likeness (QED) is 0.817. The first-order valence-electron chi connectivity index (χ1n) is 7.77. The molecule has 1 N–H and O–H groups in total. The summed E-state index contributed by atoms with van der Waals surface area (Å²) in [7, 11) is -3.69. The first-order valence-corrected chi connectivity index (χ1v) is 10.0. The Bertz CT molecular complexity index is 859. The number of carbonyl (C=O) groups is 1. The Hall–Kier alpha value is -1.91. The van der Waals surface area contributed by atoms with Crippen LogP contribution in [-0.2, 0) is 10.0 Å². The van der Waals surface area contributed by atoms with Crippen LogP contribution in [0.2, 0.25) is 0 Å². The lowest BCUT2D eigenvalue weighted by atomic mass is 10.0. The smallest absolute Gasteiger partial charge is 0.272 e. The van der Waals surface area contributed by atoms with Gasteiger partial charge in [-0.15, -0.1) is 10.2 Å². The van der Waals surface area contributed by atoms with E-state index in [4.69, 9.17) is 0 Å². The monoisotopic (exact) mass is 384 g/mol. The molecule has 2 aromatic rings. The predicted molar refractivity (Wildman–Crippen MR) is 91.4 cm³/mol. The van der Waals surface area contributed by atoms with Gasteiger partial charge in [-0.1, -0.05) is 18.3 Å². The molecule has 0 spiro atoms. The molecule has 0 radical (unpaired) electrons. The van der Waals surface area contributed by atoms with Crippen molar-refractivity contribution >= 4 is 32.4 Å². The van der Waals surface area contributed by atoms with Crippen molar-refractivity contribution in [1.82, 2.24) is 14.5 Å². The van der Waals surface area contributed by atoms with Crippen molar-refractivity contribution in [2.24, 2.45) is 5.92 Å². The summed E-state index contributed by atoms with van der Waals surface area (Å²) in [5.74, 6) is -0.449. The predicted octanol–water partition coefficient (Wildman–Crippen LogP) is 2.35. The number of sulfonamides is 1. The molecule has 1 aromatic heterocycles. The molecule has 0 unspecified atom stereocenters. The topological polar surface area (TPSA) is 92.3 Å². The van der Waals surface area contributed by atoms with Crippen LogP contribution in [0.15, 0.2) is 28.6 Å². The Balaban J connectivity index is 1.71. The average molecular weight is 384 g/mol. The Labute approximate surface area is 148 Å². The Morgan fingerprint density at radius 2 is 1.88 bits per heavy atom. The molecule has 0 aliphatic carbocycles. The number of nitrogens with one attached hydrogen (secondary N) is 1. The molecule has 10 heteroatoms. The number of hydrogen-bond donors (Lipinski definition) is 1. The van der Waals surface area contributed by atoms with Crippen molar-refractivity contribution in [3.63, 3.8) is 0 Å². The van der Waals surface area contributed by atoms with Gasteiger partial charge in [-0.2, -0.15) is 4.31 Å². The van der Waals surface area contributed by atoms with Gasteiger partial charge in [0.1, 0.15) is 5.82 Å². The Morgan fingerprint density at radius 1 is 1.24 bits per heavy atom. The van der Waals surface area contributed by atoms with Crippen molar-refractivity contribution in [3.05, 3.63) is 35.6 Å². The number of hydrogen-bond acceptors (Lipinski definition) is 6. The lowest BCUT2D eigenvalue weighted by Crippen LogP contribution is -2.37. The number of anilines is 1. The number of benzene rings is 1. The molecule has 1 saturated heterocycles. The second kappa shape index (κ2) is 7.14. The normalized spacial score (nSPS) is 16.7. The summed E-state index contributed by atoms with van der Waals surface area (Å²) in [6.07, 6.45) is 1.62. The van der Waals surface area contributed by atoms with E-state index in [1.54, 1.807) is 0 Å². The largest absolute Gasteiger partial charge is 0.296 e. The van der Waals surface area contributed by atoms with Gasteiger partial charge >= 0.3 is 0 Å². The first kappa shape index (κ1) is 17.9. The molecule has 7 nitrogen and oxygen atoms in total. The molecule has 0 bridgehead atoms. The maximum Gasteiger partial charge on any atom is 0.272 e. The Kier molecular flexibility index (Phi) is 5.11. The molecule has 25 heavy (non-hydrogen) atoms. The highest BCUT2D eigenvalue weighted by Gasteiger charge is 2.31. The van der Waals surface area contributed by atoms with Gasteiger partial charge in [0, 0.05) is 18.7 Å². The number of aromatic nitrogens is 2. The van der Waals surface area contributed by atoms with Crippen LogP contribution in [0, 0.1) is 11.7 Å². The summed E-state index contributed by atoms with van der Waals surface area (Å²) < 4.78 is 39.3. The van der Waals surface area contributed by atoms with Crippen molar-refractivity contribution in [1.29, 1.82) is 0 Å². The average Bonchev–Trinajstić information content (AvgIpc) is 3.05. The summed E-state index contributed by atoms with van der Waals surface area (Å²) in [5.41, 5.74) is 0.242. The van der Waals surface area contributed by atoms with Crippen LogP contribution in [0.4, 0.5) is 9.52 Å². The third-order valence-electron chi connectivity index (χ3n) is 4.04. The van der Waals surface area contributed by atoms with Gasteiger partial charge < -0.3 is 0 Å². The minimum Gasteiger partial charge on any atom is -0.296 e. The standard InChI is InChI=1S/C15H17FN4O3S2/c1-10-6-8-20(9-7-10)25(22,23)15-19-18-14(24-15)17-13(21)11-2-4-12(16)5-3-11/h2-5,10H,6-9H2,1H3,(H,17,18,21). The minimum absolute atomic E-state index is 0.0817. The molecule has 1 fully saturated rings. The number of nitrogens with zero attached hydrogens (tertiary/aromatic N) is 3. The van der Waals surface area contributed by atoms with Crippen molar-refractivity contribution in [2.45, 2.75) is 24.1 Å². The second-order valence-electron chi connectivity index (χ2n) is 5.92. The summed E-state index contributed by atoms with van der Waals surface area (Å²) in [6.45, 7) is 3.01. The fraction of sp³-hybridized carbons (Fsp3) is 0.400. The van der Waals surface area contributed by atoms with Gasteiger partial charge in [-0.3, -0.25) is 10.1 Å². The van der Waals surface area contributed by atoms with Gasteiger partial charge in [0.15, 0.2) is 0 Å². The van der Waals surface area contributed by atoms with E-state index in [0.717, 1.165) is 24.2 Å². The fourth-order valence-corrected chi connectivity index (χ4v) is 4.97. The lowest BCUT2D eigenvalue weighted by molar-refractivity contribution is 0.102. The molecular weight excluding hydrogens is 367 g/mol. The molecule has 0 saturated carbocycles. The van der Waals surface area contributed by atoms with Crippen LogP contribution in [0.25, 0.3) is 0 Å². The number of amides is 1. The highest BCUT2D eigenvalue weighted by atomic mass is 32.2. The van der Waals surface area contributed by atoms with E-state index in [0.29, 0.717) is 19.0 Å². The zero-order valence-electron chi connectivity index (χ0n) is 13.5. The van der Waals surface area contributed by atoms with Crippen molar-refractivity contribution in [3.8, 4) is 0 Å². The van der Waals surface area contributed by atoms with E-state index < -0.39 is 21.7 Å². The molecule has 1 aromatic carbocycles. The van der Waals surface area contributed by atoms with Gasteiger partial charge in [-0.25, -0.2) is 12.8 Å². The molecular formula is C15H17FN4O3S2. The molecule has 0 atom stereocenters.